The summed E-state index contributed by atoms with van der Waals surface area (Å²) in [7, 11) is 0. The van der Waals surface area contributed by atoms with Crippen LogP contribution in [0.5, 0.6) is 11.5 Å². The number of hydrogen-bond donors (Lipinski definition) is 1. The molecule has 6 nitrogen and oxygen atoms in total. The summed E-state index contributed by atoms with van der Waals surface area (Å²) in [5.74, 6) is 0.799. The molecule has 0 saturated carbocycles. The van der Waals surface area contributed by atoms with Crippen molar-refractivity contribution in [2.45, 2.75) is 26.9 Å². The number of ether oxygens (including phenoxy) is 2. The zero-order valence-corrected chi connectivity index (χ0v) is 20.7. The number of carbonyl (C=O) groups is 2. The van der Waals surface area contributed by atoms with Crippen LogP contribution >= 0.6 is 45.8 Å². The van der Waals surface area contributed by atoms with Gasteiger partial charge in [-0.3, -0.25) is 9.69 Å². The van der Waals surface area contributed by atoms with Gasteiger partial charge in [-0.25, -0.2) is 4.79 Å². The normalized spacial score (nSPS) is 14.9. The molecule has 2 aromatic rings. The summed E-state index contributed by atoms with van der Waals surface area (Å²) in [6.45, 7) is 4.90. The van der Waals surface area contributed by atoms with Crippen LogP contribution in [0.1, 0.15) is 31.4 Å². The highest BCUT2D eigenvalue weighted by Crippen LogP contribution is 2.36. The fraction of sp³-hybridized carbons (Fsp3) is 0.273. The molecule has 164 valence electrons. The van der Waals surface area contributed by atoms with E-state index in [0.717, 1.165) is 14.7 Å². The molecule has 0 aromatic heterocycles. The van der Waals surface area contributed by atoms with Gasteiger partial charge in [0, 0.05) is 6.54 Å². The molecule has 9 heteroatoms. The zero-order chi connectivity index (χ0) is 22.5. The predicted molar refractivity (Wildman–Crippen MR) is 130 cm³/mol. The number of imide groups is 1. The van der Waals surface area contributed by atoms with Crippen molar-refractivity contribution in [3.05, 3.63) is 60.8 Å². The maximum absolute atomic E-state index is 12.5. The summed E-state index contributed by atoms with van der Waals surface area (Å²) in [6, 6.07) is 8.57. The molecule has 2 aromatic carbocycles. The van der Waals surface area contributed by atoms with Gasteiger partial charge < -0.3 is 14.8 Å². The average molecular weight is 575 g/mol. The number of nitrogens with zero attached hydrogens (tertiary/aromatic N) is 1. The Morgan fingerprint density at radius 3 is 2.55 bits per heavy atom. The Balaban J connectivity index is 1.85. The lowest BCUT2D eigenvalue weighted by molar-refractivity contribution is -0.122. The first-order valence-corrected chi connectivity index (χ1v) is 11.5. The van der Waals surface area contributed by atoms with Gasteiger partial charge in [-0.1, -0.05) is 36.2 Å². The van der Waals surface area contributed by atoms with E-state index in [1.807, 2.05) is 26.0 Å². The third-order valence-corrected chi connectivity index (χ3v) is 5.96. The van der Waals surface area contributed by atoms with Gasteiger partial charge in [0.15, 0.2) is 11.5 Å². The number of benzene rings is 2. The number of carbonyl (C=O) groups excluding carboxylic acids is 2. The topological polar surface area (TPSA) is 67.9 Å². The van der Waals surface area contributed by atoms with E-state index in [1.54, 1.807) is 24.3 Å². The largest absolute Gasteiger partial charge is 0.490 e. The Hall–Kier alpha value is -1.97. The summed E-state index contributed by atoms with van der Waals surface area (Å²) in [4.78, 5) is 25.7. The summed E-state index contributed by atoms with van der Waals surface area (Å²) in [5.41, 5.74) is 1.83. The third-order valence-electron chi connectivity index (χ3n) is 4.42. The number of urea groups is 1. The first-order valence-electron chi connectivity index (χ1n) is 9.71. The monoisotopic (exact) mass is 574 g/mol. The van der Waals surface area contributed by atoms with E-state index in [-0.39, 0.29) is 18.2 Å². The van der Waals surface area contributed by atoms with Crippen LogP contribution in [-0.4, -0.2) is 30.0 Å². The first kappa shape index (κ1) is 23.7. The summed E-state index contributed by atoms with van der Waals surface area (Å²) >= 11 is 14.2. The van der Waals surface area contributed by atoms with Crippen LogP contribution in [0.25, 0.3) is 6.08 Å². The molecule has 1 heterocycles. The van der Waals surface area contributed by atoms with E-state index in [1.165, 1.54) is 4.90 Å². The zero-order valence-electron chi connectivity index (χ0n) is 17.0. The van der Waals surface area contributed by atoms with E-state index in [4.69, 9.17) is 32.7 Å². The lowest BCUT2D eigenvalue weighted by Crippen LogP contribution is -2.31. The Bertz CT molecular complexity index is 1040. The average Bonchev–Trinajstić information content (AvgIpc) is 2.98. The minimum absolute atomic E-state index is 0.237. The van der Waals surface area contributed by atoms with Crippen molar-refractivity contribution in [2.24, 2.45) is 0 Å². The minimum Gasteiger partial charge on any atom is -0.490 e. The van der Waals surface area contributed by atoms with Crippen molar-refractivity contribution < 1.29 is 19.1 Å². The molecule has 1 aliphatic heterocycles. The number of hydrogen-bond acceptors (Lipinski definition) is 4. The molecule has 0 radical (unpaired) electrons. The van der Waals surface area contributed by atoms with E-state index in [2.05, 4.69) is 27.9 Å². The Morgan fingerprint density at radius 1 is 1.10 bits per heavy atom. The first-order chi connectivity index (χ1) is 14.8. The fourth-order valence-corrected chi connectivity index (χ4v) is 4.13. The van der Waals surface area contributed by atoms with Gasteiger partial charge >= 0.3 is 6.03 Å². The van der Waals surface area contributed by atoms with Gasteiger partial charge in [0.1, 0.15) is 12.3 Å². The quantitative estimate of drug-likeness (QED) is 0.243. The maximum Gasteiger partial charge on any atom is 0.329 e. The molecule has 1 N–H and O–H groups in total. The lowest BCUT2D eigenvalue weighted by Gasteiger charge is -2.15. The minimum atomic E-state index is -0.403. The molecule has 0 bridgehead atoms. The molecule has 3 amide bonds. The van der Waals surface area contributed by atoms with E-state index in [9.17, 15) is 9.59 Å². The molecular weight excluding hydrogens is 554 g/mol. The number of amides is 3. The van der Waals surface area contributed by atoms with Crippen molar-refractivity contribution in [3.8, 4) is 11.5 Å². The predicted octanol–water partition coefficient (Wildman–Crippen LogP) is 5.88. The maximum atomic E-state index is 12.5. The standard InChI is InChI=1S/C22H21Cl2IN2O4/c1-3-7-27-21(28)18(26-22(27)29)10-14-9-17(25)20(19(11-14)30-4-2)31-12-13-5-6-15(23)16(24)8-13/h5-6,8-11H,3-4,7,12H2,1-2H3,(H,26,29)/b18-10+. The van der Waals surface area contributed by atoms with Gasteiger partial charge in [0.2, 0.25) is 0 Å². The van der Waals surface area contributed by atoms with Gasteiger partial charge in [0.25, 0.3) is 5.91 Å². The highest BCUT2D eigenvalue weighted by molar-refractivity contribution is 14.1. The van der Waals surface area contributed by atoms with E-state index < -0.39 is 6.03 Å². The van der Waals surface area contributed by atoms with Gasteiger partial charge in [-0.05, 0) is 77.4 Å². The SMILES string of the molecule is CCCN1C(=O)N/C(=C/c2cc(I)c(OCc3ccc(Cl)c(Cl)c3)c(OCC)c2)C1=O. The molecule has 1 saturated heterocycles. The van der Waals surface area contributed by atoms with Gasteiger partial charge in [-0.2, -0.15) is 0 Å². The van der Waals surface area contributed by atoms with Crippen LogP contribution in [0.15, 0.2) is 36.0 Å². The second-order valence-corrected chi connectivity index (χ2v) is 8.72. The van der Waals surface area contributed by atoms with Crippen LogP contribution in [0.4, 0.5) is 4.79 Å². The molecule has 0 aliphatic carbocycles. The molecule has 0 unspecified atom stereocenters. The highest BCUT2D eigenvalue weighted by atomic mass is 127. The van der Waals surface area contributed by atoms with Crippen LogP contribution < -0.4 is 14.8 Å². The Kier molecular flexibility index (Phi) is 8.07. The smallest absolute Gasteiger partial charge is 0.329 e. The number of nitrogens with one attached hydrogen (secondary N) is 1. The molecule has 0 spiro atoms. The van der Waals surface area contributed by atoms with Crippen LogP contribution in [0.3, 0.4) is 0 Å². The molecular formula is C22H21Cl2IN2O4. The van der Waals surface area contributed by atoms with E-state index >= 15 is 0 Å². The van der Waals surface area contributed by atoms with Gasteiger partial charge in [-0.15, -0.1) is 0 Å². The second-order valence-electron chi connectivity index (χ2n) is 6.75. The van der Waals surface area contributed by atoms with Gasteiger partial charge in [0.05, 0.1) is 20.2 Å². The van der Waals surface area contributed by atoms with Crippen molar-refractivity contribution in [1.29, 1.82) is 0 Å². The molecule has 3 rings (SSSR count). The lowest BCUT2D eigenvalue weighted by atomic mass is 10.1. The molecule has 31 heavy (non-hydrogen) atoms. The van der Waals surface area contributed by atoms with Crippen LogP contribution in [0, 0.1) is 3.57 Å². The highest BCUT2D eigenvalue weighted by Gasteiger charge is 2.32. The van der Waals surface area contributed by atoms with Crippen LogP contribution in [-0.2, 0) is 11.4 Å². The van der Waals surface area contributed by atoms with Crippen molar-refractivity contribution in [2.75, 3.05) is 13.2 Å². The molecule has 0 atom stereocenters. The molecule has 1 fully saturated rings. The third kappa shape index (κ3) is 5.64. The van der Waals surface area contributed by atoms with Crippen molar-refractivity contribution in [1.82, 2.24) is 10.2 Å². The van der Waals surface area contributed by atoms with E-state index in [0.29, 0.717) is 41.1 Å². The summed E-state index contributed by atoms with van der Waals surface area (Å²) < 4.78 is 12.6. The molecule has 1 aliphatic rings. The number of halogens is 3. The Morgan fingerprint density at radius 2 is 1.87 bits per heavy atom. The fourth-order valence-electron chi connectivity index (χ4n) is 3.02. The summed E-state index contributed by atoms with van der Waals surface area (Å²) in [5, 5.41) is 3.58. The van der Waals surface area contributed by atoms with Crippen molar-refractivity contribution in [3.63, 3.8) is 0 Å². The Labute approximate surface area is 204 Å². The van der Waals surface area contributed by atoms with Crippen molar-refractivity contribution >= 4 is 63.8 Å². The summed E-state index contributed by atoms with van der Waals surface area (Å²) in [6.07, 6.45) is 2.34. The second kappa shape index (κ2) is 10.6. The van der Waals surface area contributed by atoms with Crippen LogP contribution in [0.2, 0.25) is 10.0 Å². The number of rotatable bonds is 8.